The summed E-state index contributed by atoms with van der Waals surface area (Å²) in [5.41, 5.74) is 0.734. The number of aliphatic hydroxyl groups excluding tert-OH is 1. The van der Waals surface area contributed by atoms with Crippen LogP contribution in [0.15, 0.2) is 46.9 Å². The summed E-state index contributed by atoms with van der Waals surface area (Å²) in [6.07, 6.45) is -0.590. The molecule has 0 saturated heterocycles. The van der Waals surface area contributed by atoms with Gasteiger partial charge >= 0.3 is 0 Å². The third kappa shape index (κ3) is 3.25. The Labute approximate surface area is 119 Å². The first-order valence-corrected chi connectivity index (χ1v) is 6.64. The smallest absolute Gasteiger partial charge is 0.134 e. The fourth-order valence-electron chi connectivity index (χ4n) is 1.60. The van der Waals surface area contributed by atoms with Gasteiger partial charge in [0, 0.05) is 15.1 Å². The molecule has 0 radical (unpaired) electrons. The molecule has 0 amide bonds. The van der Waals surface area contributed by atoms with Gasteiger partial charge in [-0.3, -0.25) is 0 Å². The summed E-state index contributed by atoms with van der Waals surface area (Å²) < 4.78 is 6.65. The van der Waals surface area contributed by atoms with Crippen LogP contribution in [0.1, 0.15) is 18.6 Å². The van der Waals surface area contributed by atoms with E-state index in [1.807, 2.05) is 30.3 Å². The van der Waals surface area contributed by atoms with Gasteiger partial charge in [-0.15, -0.1) is 0 Å². The van der Waals surface area contributed by atoms with E-state index in [4.69, 9.17) is 16.3 Å². The molecule has 0 aliphatic heterocycles. The van der Waals surface area contributed by atoms with Crippen LogP contribution in [0, 0.1) is 0 Å². The molecule has 1 N–H and O–H groups in total. The number of halogens is 2. The Kier molecular flexibility index (Phi) is 4.27. The van der Waals surface area contributed by atoms with Crippen LogP contribution in [0.2, 0.25) is 5.02 Å². The lowest BCUT2D eigenvalue weighted by Crippen LogP contribution is -1.96. The van der Waals surface area contributed by atoms with E-state index in [0.717, 1.165) is 10.0 Å². The molecule has 2 aromatic rings. The van der Waals surface area contributed by atoms with Gasteiger partial charge in [-0.25, -0.2) is 0 Å². The Morgan fingerprint density at radius 2 is 2.00 bits per heavy atom. The first-order valence-electron chi connectivity index (χ1n) is 5.47. The summed E-state index contributed by atoms with van der Waals surface area (Å²) in [5.74, 6) is 1.25. The monoisotopic (exact) mass is 326 g/mol. The molecule has 2 aromatic carbocycles. The van der Waals surface area contributed by atoms with Crippen LogP contribution in [-0.2, 0) is 0 Å². The van der Waals surface area contributed by atoms with Gasteiger partial charge in [0.25, 0.3) is 0 Å². The SMILES string of the molecule is CC(O)c1ccc(Br)cc1Oc1cccc(Cl)c1. The maximum Gasteiger partial charge on any atom is 0.134 e. The van der Waals surface area contributed by atoms with Crippen LogP contribution < -0.4 is 4.74 Å². The Bertz CT molecular complexity index is 555. The van der Waals surface area contributed by atoms with E-state index in [1.165, 1.54) is 0 Å². The fourth-order valence-corrected chi connectivity index (χ4v) is 2.12. The molecule has 0 aromatic heterocycles. The summed E-state index contributed by atoms with van der Waals surface area (Å²) in [6.45, 7) is 1.70. The zero-order valence-electron chi connectivity index (χ0n) is 9.73. The molecule has 0 aliphatic carbocycles. The Morgan fingerprint density at radius 3 is 2.67 bits per heavy atom. The predicted octanol–water partition coefficient (Wildman–Crippen LogP) is 4.95. The number of rotatable bonds is 3. The maximum atomic E-state index is 9.71. The quantitative estimate of drug-likeness (QED) is 0.864. The molecule has 4 heteroatoms. The Hall–Kier alpha value is -1.03. The first kappa shape index (κ1) is 13.4. The minimum Gasteiger partial charge on any atom is -0.457 e. The second kappa shape index (κ2) is 5.74. The van der Waals surface area contributed by atoms with E-state index in [2.05, 4.69) is 15.9 Å². The second-order valence-corrected chi connectivity index (χ2v) is 5.27. The van der Waals surface area contributed by atoms with Gasteiger partial charge in [0.05, 0.1) is 6.10 Å². The van der Waals surface area contributed by atoms with E-state index in [0.29, 0.717) is 16.5 Å². The van der Waals surface area contributed by atoms with Crippen LogP contribution in [0.5, 0.6) is 11.5 Å². The van der Waals surface area contributed by atoms with Gasteiger partial charge in [-0.05, 0) is 37.3 Å². The average Bonchev–Trinajstić information content (AvgIpc) is 2.28. The van der Waals surface area contributed by atoms with Gasteiger partial charge < -0.3 is 9.84 Å². The minimum atomic E-state index is -0.590. The standard InChI is InChI=1S/C14H12BrClO2/c1-9(17)13-6-5-10(15)7-14(13)18-12-4-2-3-11(16)8-12/h2-9,17H,1H3. The van der Waals surface area contributed by atoms with Crippen molar-refractivity contribution in [1.29, 1.82) is 0 Å². The van der Waals surface area contributed by atoms with Gasteiger partial charge in [0.1, 0.15) is 11.5 Å². The summed E-state index contributed by atoms with van der Waals surface area (Å²) in [7, 11) is 0. The fraction of sp³-hybridized carbons (Fsp3) is 0.143. The molecule has 18 heavy (non-hydrogen) atoms. The maximum absolute atomic E-state index is 9.71. The van der Waals surface area contributed by atoms with Gasteiger partial charge in [0.2, 0.25) is 0 Å². The molecule has 0 spiro atoms. The number of hydrogen-bond donors (Lipinski definition) is 1. The summed E-state index contributed by atoms with van der Waals surface area (Å²) in [4.78, 5) is 0. The van der Waals surface area contributed by atoms with Gasteiger partial charge in [-0.2, -0.15) is 0 Å². The molecular formula is C14H12BrClO2. The molecule has 0 aliphatic rings. The van der Waals surface area contributed by atoms with Crippen molar-refractivity contribution in [1.82, 2.24) is 0 Å². The van der Waals surface area contributed by atoms with E-state index < -0.39 is 6.10 Å². The largest absolute Gasteiger partial charge is 0.457 e. The van der Waals surface area contributed by atoms with Crippen molar-refractivity contribution in [2.75, 3.05) is 0 Å². The Morgan fingerprint density at radius 1 is 1.22 bits per heavy atom. The van der Waals surface area contributed by atoms with Crippen LogP contribution in [0.4, 0.5) is 0 Å². The van der Waals surface area contributed by atoms with Gasteiger partial charge in [0.15, 0.2) is 0 Å². The zero-order chi connectivity index (χ0) is 13.1. The number of benzene rings is 2. The van der Waals surface area contributed by atoms with Crippen molar-refractivity contribution in [3.8, 4) is 11.5 Å². The molecule has 0 bridgehead atoms. The first-order chi connectivity index (χ1) is 8.56. The number of hydrogen-bond acceptors (Lipinski definition) is 2. The van der Waals surface area contributed by atoms with Crippen molar-refractivity contribution in [2.24, 2.45) is 0 Å². The van der Waals surface area contributed by atoms with Gasteiger partial charge in [-0.1, -0.05) is 39.7 Å². The van der Waals surface area contributed by atoms with Crippen molar-refractivity contribution < 1.29 is 9.84 Å². The van der Waals surface area contributed by atoms with Crippen molar-refractivity contribution in [3.05, 3.63) is 57.5 Å². The summed E-state index contributed by atoms with van der Waals surface area (Å²) in [5, 5.41) is 10.3. The van der Waals surface area contributed by atoms with Crippen molar-refractivity contribution in [2.45, 2.75) is 13.0 Å². The van der Waals surface area contributed by atoms with E-state index in [-0.39, 0.29) is 0 Å². The van der Waals surface area contributed by atoms with Crippen molar-refractivity contribution >= 4 is 27.5 Å². The molecule has 1 atom stereocenters. The van der Waals surface area contributed by atoms with E-state index >= 15 is 0 Å². The summed E-state index contributed by atoms with van der Waals surface area (Å²) in [6, 6.07) is 12.7. The minimum absolute atomic E-state index is 0.590. The molecule has 2 nitrogen and oxygen atoms in total. The van der Waals surface area contributed by atoms with E-state index in [9.17, 15) is 5.11 Å². The molecule has 1 unspecified atom stereocenters. The number of aliphatic hydroxyl groups is 1. The van der Waals surface area contributed by atoms with Crippen LogP contribution in [0.25, 0.3) is 0 Å². The molecule has 0 fully saturated rings. The topological polar surface area (TPSA) is 29.5 Å². The Balaban J connectivity index is 2.36. The van der Waals surface area contributed by atoms with Crippen LogP contribution in [-0.4, -0.2) is 5.11 Å². The lowest BCUT2D eigenvalue weighted by molar-refractivity contribution is 0.195. The third-order valence-electron chi connectivity index (χ3n) is 2.45. The number of ether oxygens (including phenoxy) is 1. The highest BCUT2D eigenvalue weighted by Crippen LogP contribution is 2.32. The lowest BCUT2D eigenvalue weighted by atomic mass is 10.1. The average molecular weight is 328 g/mol. The normalized spacial score (nSPS) is 12.2. The molecule has 0 saturated carbocycles. The molecule has 0 heterocycles. The molecule has 94 valence electrons. The van der Waals surface area contributed by atoms with Crippen LogP contribution >= 0.6 is 27.5 Å². The highest BCUT2D eigenvalue weighted by molar-refractivity contribution is 9.10. The third-order valence-corrected chi connectivity index (χ3v) is 3.18. The zero-order valence-corrected chi connectivity index (χ0v) is 12.1. The van der Waals surface area contributed by atoms with Crippen molar-refractivity contribution in [3.63, 3.8) is 0 Å². The van der Waals surface area contributed by atoms with E-state index in [1.54, 1.807) is 19.1 Å². The predicted molar refractivity (Wildman–Crippen MR) is 76.3 cm³/mol. The highest BCUT2D eigenvalue weighted by Gasteiger charge is 2.10. The molecule has 2 rings (SSSR count). The summed E-state index contributed by atoms with van der Waals surface area (Å²) >= 11 is 9.29. The lowest BCUT2D eigenvalue weighted by Gasteiger charge is -2.13. The highest BCUT2D eigenvalue weighted by atomic mass is 79.9. The van der Waals surface area contributed by atoms with Crippen LogP contribution in [0.3, 0.4) is 0 Å². The second-order valence-electron chi connectivity index (χ2n) is 3.92. The molecular weight excluding hydrogens is 316 g/mol.